The van der Waals surface area contributed by atoms with Gasteiger partial charge in [0.05, 0.1) is 25.4 Å². The molecule has 0 heterocycles. The topological polar surface area (TPSA) is 95.9 Å². The van der Waals surface area contributed by atoms with Gasteiger partial charge in [0, 0.05) is 12.8 Å². The molecule has 0 aliphatic rings. The van der Waals surface area contributed by atoms with Crippen molar-refractivity contribution in [2.24, 2.45) is 0 Å². The predicted octanol–water partition coefficient (Wildman–Crippen LogP) is 27.5. The number of allylic oxidation sites excluding steroid dienone is 8. The van der Waals surface area contributed by atoms with Gasteiger partial charge in [0.1, 0.15) is 0 Å². The zero-order valence-corrected chi connectivity index (χ0v) is 61.6. The summed E-state index contributed by atoms with van der Waals surface area (Å²) in [6, 6.07) is -0.540. The number of nitrogens with one attached hydrogen (secondary N) is 1. The summed E-state index contributed by atoms with van der Waals surface area (Å²) < 4.78 is 5.51. The molecule has 3 N–H and O–H groups in total. The fourth-order valence-electron chi connectivity index (χ4n) is 13.1. The van der Waals surface area contributed by atoms with Gasteiger partial charge in [-0.2, -0.15) is 0 Å². The van der Waals surface area contributed by atoms with Gasteiger partial charge in [-0.15, -0.1) is 0 Å². The van der Waals surface area contributed by atoms with Crippen LogP contribution in [0.1, 0.15) is 457 Å². The molecule has 0 aromatic carbocycles. The van der Waals surface area contributed by atoms with Crippen molar-refractivity contribution in [2.45, 2.75) is 469 Å². The fraction of sp³-hybridized carbons (Fsp3) is 0.882. The second kappa shape index (κ2) is 80.3. The molecule has 2 unspecified atom stereocenters. The molecule has 0 saturated carbocycles. The number of esters is 1. The molecule has 0 bridgehead atoms. The average molecular weight is 1280 g/mol. The number of amides is 1. The molecular formula is C85H161NO5. The molecule has 536 valence electrons. The van der Waals surface area contributed by atoms with Crippen molar-refractivity contribution in [3.05, 3.63) is 48.6 Å². The van der Waals surface area contributed by atoms with Crippen molar-refractivity contribution in [1.29, 1.82) is 0 Å². The van der Waals surface area contributed by atoms with E-state index in [1.165, 1.54) is 366 Å². The van der Waals surface area contributed by atoms with E-state index in [1.54, 1.807) is 0 Å². The highest BCUT2D eigenvalue weighted by molar-refractivity contribution is 5.76. The van der Waals surface area contributed by atoms with Crippen LogP contribution in [-0.2, 0) is 14.3 Å². The van der Waals surface area contributed by atoms with Gasteiger partial charge in [-0.05, 0) is 89.9 Å². The highest BCUT2D eigenvalue weighted by Crippen LogP contribution is 2.20. The van der Waals surface area contributed by atoms with Crippen molar-refractivity contribution >= 4 is 11.9 Å². The summed E-state index contributed by atoms with van der Waals surface area (Å²) in [7, 11) is 0. The van der Waals surface area contributed by atoms with E-state index in [0.717, 1.165) is 57.8 Å². The second-order valence-corrected chi connectivity index (χ2v) is 28.5. The van der Waals surface area contributed by atoms with Crippen LogP contribution < -0.4 is 5.32 Å². The van der Waals surface area contributed by atoms with Crippen LogP contribution >= 0.6 is 0 Å². The molecule has 0 aromatic heterocycles. The first-order valence-electron chi connectivity index (χ1n) is 41.4. The number of unbranched alkanes of at least 4 members (excludes halogenated alkanes) is 59. The van der Waals surface area contributed by atoms with Crippen molar-refractivity contribution in [3.8, 4) is 0 Å². The molecule has 0 aliphatic carbocycles. The van der Waals surface area contributed by atoms with Gasteiger partial charge < -0.3 is 20.3 Å². The Bertz CT molecular complexity index is 1520. The minimum atomic E-state index is -0.663. The average Bonchev–Trinajstić information content (AvgIpc) is 3.65. The lowest BCUT2D eigenvalue weighted by atomic mass is 10.0. The molecule has 0 rings (SSSR count). The molecule has 0 aromatic rings. The molecule has 1 amide bonds. The Morgan fingerprint density at radius 2 is 0.549 bits per heavy atom. The Morgan fingerprint density at radius 1 is 0.308 bits per heavy atom. The maximum atomic E-state index is 12.6. The molecule has 6 nitrogen and oxygen atoms in total. The smallest absolute Gasteiger partial charge is 0.305 e. The number of rotatable bonds is 78. The van der Waals surface area contributed by atoms with Crippen molar-refractivity contribution in [2.75, 3.05) is 13.2 Å². The van der Waals surface area contributed by atoms with E-state index in [0.29, 0.717) is 25.9 Å². The molecule has 0 spiro atoms. The maximum Gasteiger partial charge on any atom is 0.305 e. The van der Waals surface area contributed by atoms with Gasteiger partial charge in [0.15, 0.2) is 0 Å². The van der Waals surface area contributed by atoms with Crippen LogP contribution in [-0.4, -0.2) is 47.4 Å². The van der Waals surface area contributed by atoms with E-state index >= 15 is 0 Å². The molecule has 2 atom stereocenters. The van der Waals surface area contributed by atoms with Gasteiger partial charge >= 0.3 is 5.97 Å². The number of hydrogen-bond acceptors (Lipinski definition) is 5. The van der Waals surface area contributed by atoms with Crippen LogP contribution in [0.2, 0.25) is 0 Å². The maximum absolute atomic E-state index is 12.6. The predicted molar refractivity (Wildman–Crippen MR) is 402 cm³/mol. The summed E-state index contributed by atoms with van der Waals surface area (Å²) >= 11 is 0. The van der Waals surface area contributed by atoms with Gasteiger partial charge in [0.2, 0.25) is 5.91 Å². The van der Waals surface area contributed by atoms with E-state index < -0.39 is 12.1 Å². The molecule has 6 heteroatoms. The van der Waals surface area contributed by atoms with Crippen LogP contribution in [0.4, 0.5) is 0 Å². The summed E-state index contributed by atoms with van der Waals surface area (Å²) in [4.78, 5) is 24.7. The number of carbonyl (C=O) groups excluding carboxylic acids is 2. The quantitative estimate of drug-likeness (QED) is 0.0320. The van der Waals surface area contributed by atoms with Crippen LogP contribution in [0.25, 0.3) is 0 Å². The van der Waals surface area contributed by atoms with Crippen LogP contribution in [0.5, 0.6) is 0 Å². The van der Waals surface area contributed by atoms with E-state index in [2.05, 4.69) is 67.8 Å². The number of aliphatic hydroxyl groups excluding tert-OH is 2. The third kappa shape index (κ3) is 76.7. The number of aliphatic hydroxyl groups is 2. The van der Waals surface area contributed by atoms with Gasteiger partial charge in [-0.1, -0.05) is 403 Å². The highest BCUT2D eigenvalue weighted by atomic mass is 16.5. The standard InChI is InChI=1S/C85H161NO5/c1-3-5-7-9-11-13-15-17-19-21-42-47-51-55-59-63-67-71-75-79-85(90)91-80-76-72-68-64-60-56-52-48-44-41-39-37-35-33-31-29-27-25-23-24-26-28-30-32-34-36-38-40-43-46-50-54-58-62-66-70-74-78-84(89)86-82(81-87)83(88)77-73-69-65-61-57-53-49-45-22-20-18-16-14-12-10-8-6-4-2/h11,13,17,19,23,25,29,31,82-83,87-88H,3-10,12,14-16,18,20-22,24,26-28,30,32-81H2,1-2H3,(H,86,89)/b13-11-,19-17-,25-23-,31-29-. The van der Waals surface area contributed by atoms with E-state index in [9.17, 15) is 19.8 Å². The zero-order valence-electron chi connectivity index (χ0n) is 61.6. The number of ether oxygens (including phenoxy) is 1. The summed E-state index contributed by atoms with van der Waals surface area (Å²) in [5.74, 6) is -0.0125. The summed E-state index contributed by atoms with van der Waals surface area (Å²) in [5, 5.41) is 23.4. The Balaban J connectivity index is 3.35. The molecular weight excluding hydrogens is 1110 g/mol. The Hall–Kier alpha value is -2.18. The number of carbonyl (C=O) groups is 2. The van der Waals surface area contributed by atoms with Gasteiger partial charge in [-0.25, -0.2) is 0 Å². The van der Waals surface area contributed by atoms with E-state index in [-0.39, 0.29) is 18.5 Å². The Kier molecular flexibility index (Phi) is 78.3. The Labute approximate surface area is 569 Å². The molecule has 91 heavy (non-hydrogen) atoms. The van der Waals surface area contributed by atoms with E-state index in [4.69, 9.17) is 4.74 Å². The minimum absolute atomic E-state index is 0.0156. The molecule has 0 fully saturated rings. The summed E-state index contributed by atoms with van der Waals surface area (Å²) in [6.45, 7) is 4.97. The van der Waals surface area contributed by atoms with Crippen LogP contribution in [0.3, 0.4) is 0 Å². The van der Waals surface area contributed by atoms with E-state index in [1.807, 2.05) is 0 Å². The normalized spacial score (nSPS) is 12.7. The Morgan fingerprint density at radius 3 is 0.857 bits per heavy atom. The van der Waals surface area contributed by atoms with Crippen molar-refractivity contribution < 1.29 is 24.5 Å². The van der Waals surface area contributed by atoms with Crippen molar-refractivity contribution in [3.63, 3.8) is 0 Å². The lowest BCUT2D eigenvalue weighted by Crippen LogP contribution is -2.45. The zero-order chi connectivity index (χ0) is 65.6. The first kappa shape index (κ1) is 88.8. The summed E-state index contributed by atoms with van der Waals surface area (Å²) in [5.41, 5.74) is 0. The third-order valence-electron chi connectivity index (χ3n) is 19.4. The lowest BCUT2D eigenvalue weighted by Gasteiger charge is -2.22. The first-order chi connectivity index (χ1) is 45.0. The highest BCUT2D eigenvalue weighted by Gasteiger charge is 2.20. The largest absolute Gasteiger partial charge is 0.466 e. The van der Waals surface area contributed by atoms with Gasteiger partial charge in [-0.3, -0.25) is 9.59 Å². The first-order valence-corrected chi connectivity index (χ1v) is 41.4. The fourth-order valence-corrected chi connectivity index (χ4v) is 13.1. The minimum Gasteiger partial charge on any atom is -0.466 e. The van der Waals surface area contributed by atoms with Crippen LogP contribution in [0.15, 0.2) is 48.6 Å². The monoisotopic (exact) mass is 1280 g/mol. The second-order valence-electron chi connectivity index (χ2n) is 28.5. The SMILES string of the molecule is CCCCC/C=C\C/C=C\CCCCCCCCCCCC(=O)OCCCCCCCCCCCCCCC/C=C\C/C=C\CCCCCCCCCCCCCCCCCCCC(=O)NC(CO)C(O)CCCCCCCCCCCCCCCCCCCC. The van der Waals surface area contributed by atoms with Crippen molar-refractivity contribution in [1.82, 2.24) is 5.32 Å². The van der Waals surface area contributed by atoms with Crippen LogP contribution in [0, 0.1) is 0 Å². The number of hydrogen-bond donors (Lipinski definition) is 3. The van der Waals surface area contributed by atoms with Gasteiger partial charge in [0.25, 0.3) is 0 Å². The molecule has 0 saturated heterocycles. The lowest BCUT2D eigenvalue weighted by molar-refractivity contribution is -0.143. The summed E-state index contributed by atoms with van der Waals surface area (Å²) in [6.07, 6.45) is 106. The third-order valence-corrected chi connectivity index (χ3v) is 19.4. The molecule has 0 aliphatic heterocycles. The molecule has 0 radical (unpaired) electrons.